The number of aromatic nitrogens is 2. The Hall–Kier alpha value is -1.47. The highest BCUT2D eigenvalue weighted by molar-refractivity contribution is 5.44. The van der Waals surface area contributed by atoms with E-state index in [2.05, 4.69) is 9.97 Å². The van der Waals surface area contributed by atoms with E-state index in [0.717, 1.165) is 18.9 Å². The summed E-state index contributed by atoms with van der Waals surface area (Å²) in [6.45, 7) is -0.458. The number of alkyl halides is 5. The summed E-state index contributed by atoms with van der Waals surface area (Å²) < 4.78 is 62.9. The predicted molar refractivity (Wildman–Crippen MR) is 60.7 cm³/mol. The fourth-order valence-corrected chi connectivity index (χ4v) is 2.14. The highest BCUT2D eigenvalue weighted by Gasteiger charge is 2.47. The third-order valence-corrected chi connectivity index (χ3v) is 3.58. The Morgan fingerprint density at radius 1 is 1.15 bits per heavy atom. The van der Waals surface area contributed by atoms with E-state index in [1.54, 1.807) is 0 Å². The molecule has 0 spiro atoms. The van der Waals surface area contributed by atoms with Crippen molar-refractivity contribution in [3.05, 3.63) is 17.6 Å². The highest BCUT2D eigenvalue weighted by atomic mass is 19.4. The first-order valence-corrected chi connectivity index (χ1v) is 6.33. The molecular formula is C12H12F5N3. The van der Waals surface area contributed by atoms with Crippen LogP contribution in [0.1, 0.15) is 36.7 Å². The van der Waals surface area contributed by atoms with Crippen LogP contribution >= 0.6 is 0 Å². The van der Waals surface area contributed by atoms with Gasteiger partial charge in [-0.15, -0.1) is 0 Å². The van der Waals surface area contributed by atoms with Gasteiger partial charge in [0.15, 0.2) is 0 Å². The first-order valence-electron chi connectivity index (χ1n) is 6.33. The molecule has 1 aromatic heterocycles. The molecule has 2 heterocycles. The molecular weight excluding hydrogens is 281 g/mol. The molecule has 1 aliphatic heterocycles. The number of nitrogens with zero attached hydrogens (tertiary/aromatic N) is 3. The second-order valence-electron chi connectivity index (χ2n) is 5.23. The Bertz CT molecular complexity index is 486. The van der Waals surface area contributed by atoms with Gasteiger partial charge >= 0.3 is 6.18 Å². The summed E-state index contributed by atoms with van der Waals surface area (Å²) in [7, 11) is 0. The zero-order chi connectivity index (χ0) is 14.5. The largest absolute Gasteiger partial charge is 0.395 e. The van der Waals surface area contributed by atoms with E-state index in [1.165, 1.54) is 4.90 Å². The van der Waals surface area contributed by atoms with Gasteiger partial charge in [-0.2, -0.15) is 13.2 Å². The summed E-state index contributed by atoms with van der Waals surface area (Å²) in [5.41, 5.74) is -0.410. The van der Waals surface area contributed by atoms with Gasteiger partial charge in [0.25, 0.3) is 6.43 Å². The molecule has 0 aromatic carbocycles. The van der Waals surface area contributed by atoms with Crippen LogP contribution in [0.5, 0.6) is 0 Å². The van der Waals surface area contributed by atoms with Crippen LogP contribution in [0.25, 0.3) is 0 Å². The summed E-state index contributed by atoms with van der Waals surface area (Å²) in [6, 6.07) is 1.09. The molecule has 0 bridgehead atoms. The Labute approximate surface area is 111 Å². The lowest BCUT2D eigenvalue weighted by Crippen LogP contribution is -2.53. The zero-order valence-electron chi connectivity index (χ0n) is 10.4. The van der Waals surface area contributed by atoms with Crippen molar-refractivity contribution in [1.82, 2.24) is 9.97 Å². The molecule has 3 nitrogen and oxygen atoms in total. The highest BCUT2D eigenvalue weighted by Crippen LogP contribution is 2.41. The fraction of sp³-hybridized carbons (Fsp3) is 0.667. The molecule has 1 saturated heterocycles. The minimum atomic E-state index is -4.24. The molecule has 110 valence electrons. The Morgan fingerprint density at radius 3 is 2.30 bits per heavy atom. The topological polar surface area (TPSA) is 29.0 Å². The van der Waals surface area contributed by atoms with Gasteiger partial charge in [-0.3, -0.25) is 0 Å². The van der Waals surface area contributed by atoms with Gasteiger partial charge in [-0.1, -0.05) is 0 Å². The molecule has 0 radical (unpaired) electrons. The number of hydrogen-bond donors (Lipinski definition) is 0. The van der Waals surface area contributed by atoms with E-state index < -0.39 is 24.2 Å². The average Bonchev–Trinajstić information content (AvgIpc) is 3.07. The van der Waals surface area contributed by atoms with Gasteiger partial charge < -0.3 is 4.90 Å². The van der Waals surface area contributed by atoms with Crippen LogP contribution in [-0.2, 0) is 0 Å². The molecule has 20 heavy (non-hydrogen) atoms. The maximum absolute atomic E-state index is 12.8. The summed E-state index contributed by atoms with van der Waals surface area (Å²) in [5.74, 6) is -0.824. The van der Waals surface area contributed by atoms with Crippen LogP contribution in [0.15, 0.2) is 6.07 Å². The minimum Gasteiger partial charge on any atom is -0.355 e. The first-order chi connectivity index (χ1) is 9.34. The summed E-state index contributed by atoms with van der Waals surface area (Å²) in [6.07, 6.45) is -5.29. The molecule has 1 saturated carbocycles. The van der Waals surface area contributed by atoms with Crippen molar-refractivity contribution in [2.45, 2.75) is 31.4 Å². The molecule has 0 atom stereocenters. The fourth-order valence-electron chi connectivity index (χ4n) is 2.14. The lowest BCUT2D eigenvalue weighted by molar-refractivity contribution is -0.180. The van der Waals surface area contributed by atoms with Gasteiger partial charge in [0.05, 0.1) is 5.92 Å². The van der Waals surface area contributed by atoms with E-state index in [0.29, 0.717) is 5.82 Å². The smallest absolute Gasteiger partial charge is 0.355 e. The summed E-state index contributed by atoms with van der Waals surface area (Å²) >= 11 is 0. The van der Waals surface area contributed by atoms with Crippen LogP contribution in [0.4, 0.5) is 27.8 Å². The van der Waals surface area contributed by atoms with E-state index in [-0.39, 0.29) is 24.8 Å². The molecule has 2 fully saturated rings. The van der Waals surface area contributed by atoms with Crippen molar-refractivity contribution < 1.29 is 22.0 Å². The average molecular weight is 293 g/mol. The van der Waals surface area contributed by atoms with Crippen LogP contribution in [0.2, 0.25) is 0 Å². The maximum atomic E-state index is 12.8. The number of anilines is 1. The number of hydrogen-bond acceptors (Lipinski definition) is 3. The maximum Gasteiger partial charge on any atom is 0.395 e. The first kappa shape index (κ1) is 13.5. The van der Waals surface area contributed by atoms with Crippen LogP contribution in [0.3, 0.4) is 0 Å². The second-order valence-corrected chi connectivity index (χ2v) is 5.23. The normalized spacial score (nSPS) is 20.4. The van der Waals surface area contributed by atoms with Crippen LogP contribution < -0.4 is 4.90 Å². The Kier molecular flexibility index (Phi) is 3.06. The molecule has 3 rings (SSSR count). The molecule has 0 N–H and O–H groups in total. The number of halogens is 5. The monoisotopic (exact) mass is 293 g/mol. The van der Waals surface area contributed by atoms with Gasteiger partial charge in [0, 0.05) is 25.1 Å². The van der Waals surface area contributed by atoms with Crippen LogP contribution in [0, 0.1) is 5.92 Å². The van der Waals surface area contributed by atoms with Crippen molar-refractivity contribution in [3.8, 4) is 0 Å². The van der Waals surface area contributed by atoms with Gasteiger partial charge in [-0.25, -0.2) is 18.7 Å². The van der Waals surface area contributed by atoms with Gasteiger partial charge in [0.2, 0.25) is 0 Å². The van der Waals surface area contributed by atoms with Crippen molar-refractivity contribution in [2.75, 3.05) is 18.0 Å². The summed E-state index contributed by atoms with van der Waals surface area (Å²) in [5, 5.41) is 0. The lowest BCUT2D eigenvalue weighted by atomic mass is 10.00. The second kappa shape index (κ2) is 4.53. The number of rotatable bonds is 3. The third-order valence-electron chi connectivity index (χ3n) is 3.58. The molecule has 8 heteroatoms. The molecule has 0 amide bonds. The van der Waals surface area contributed by atoms with E-state index in [9.17, 15) is 22.0 Å². The van der Waals surface area contributed by atoms with Crippen molar-refractivity contribution in [2.24, 2.45) is 5.92 Å². The molecule has 2 aliphatic rings. The predicted octanol–water partition coefficient (Wildman–Crippen LogP) is 3.29. The van der Waals surface area contributed by atoms with Crippen LogP contribution in [-0.4, -0.2) is 29.2 Å². The standard InChI is InChI=1S/C12H12F5N3/c13-10(14)8-3-9(19-11(18-8)6-1-2-6)20-4-7(5-20)12(15,16)17/h3,6-7,10H,1-2,4-5H2. The quantitative estimate of drug-likeness (QED) is 0.801. The van der Waals surface area contributed by atoms with Crippen molar-refractivity contribution >= 4 is 5.82 Å². The van der Waals surface area contributed by atoms with Crippen molar-refractivity contribution in [1.29, 1.82) is 0 Å². The Morgan fingerprint density at radius 2 is 1.80 bits per heavy atom. The summed E-state index contributed by atoms with van der Waals surface area (Å²) in [4.78, 5) is 9.30. The Balaban J connectivity index is 1.80. The lowest BCUT2D eigenvalue weighted by Gasteiger charge is -2.41. The third kappa shape index (κ3) is 2.55. The van der Waals surface area contributed by atoms with E-state index in [1.807, 2.05) is 0 Å². The molecule has 1 aliphatic carbocycles. The van der Waals surface area contributed by atoms with E-state index in [4.69, 9.17) is 0 Å². The molecule has 1 aromatic rings. The zero-order valence-corrected chi connectivity index (χ0v) is 10.4. The van der Waals surface area contributed by atoms with Crippen molar-refractivity contribution in [3.63, 3.8) is 0 Å². The van der Waals surface area contributed by atoms with E-state index >= 15 is 0 Å². The van der Waals surface area contributed by atoms with Gasteiger partial charge in [0.1, 0.15) is 17.3 Å². The minimum absolute atomic E-state index is 0.0761. The molecule has 0 unspecified atom stereocenters. The van der Waals surface area contributed by atoms with Gasteiger partial charge in [-0.05, 0) is 12.8 Å². The SMILES string of the molecule is FC(F)c1cc(N2CC(C(F)(F)F)C2)nc(C2CC2)n1.